The molecule has 5 rings (SSSR count). The first kappa shape index (κ1) is 22.7. The zero-order valence-corrected chi connectivity index (χ0v) is 19.7. The van der Waals surface area contributed by atoms with Crippen molar-refractivity contribution in [2.75, 3.05) is 13.2 Å². The van der Waals surface area contributed by atoms with Crippen LogP contribution >= 0.6 is 11.8 Å². The minimum atomic E-state index is -0.407. The van der Waals surface area contributed by atoms with Gasteiger partial charge in [-0.15, -0.1) is 0 Å². The van der Waals surface area contributed by atoms with Gasteiger partial charge in [-0.3, -0.25) is 15.1 Å². The Balaban J connectivity index is 1.21. The van der Waals surface area contributed by atoms with Gasteiger partial charge in [-0.05, 0) is 41.5 Å². The second kappa shape index (κ2) is 10.4. The summed E-state index contributed by atoms with van der Waals surface area (Å²) in [6, 6.07) is 27.0. The van der Waals surface area contributed by atoms with Gasteiger partial charge in [-0.1, -0.05) is 72.4 Å². The van der Waals surface area contributed by atoms with E-state index >= 15 is 0 Å². The van der Waals surface area contributed by atoms with Crippen molar-refractivity contribution in [1.82, 2.24) is 4.90 Å². The lowest BCUT2D eigenvalue weighted by atomic mass is 10.1. The molecule has 0 fully saturated rings. The molecule has 0 saturated carbocycles. The molecule has 3 aromatic carbocycles. The quantitative estimate of drug-likeness (QED) is 0.323. The molecule has 3 aromatic rings. The van der Waals surface area contributed by atoms with Gasteiger partial charge in [0, 0.05) is 11.8 Å². The number of hydrogen-bond acceptors (Lipinski definition) is 5. The predicted molar refractivity (Wildman–Crippen MR) is 140 cm³/mol. The van der Waals surface area contributed by atoms with E-state index < -0.39 is 5.91 Å². The number of ether oxygens (including phenoxy) is 2. The van der Waals surface area contributed by atoms with Crippen LogP contribution in [0.25, 0.3) is 11.8 Å². The van der Waals surface area contributed by atoms with Gasteiger partial charge in [0.1, 0.15) is 17.3 Å². The minimum absolute atomic E-state index is 0.124. The molecule has 35 heavy (non-hydrogen) atoms. The maximum Gasteiger partial charge on any atom is 0.283 e. The maximum absolute atomic E-state index is 12.7. The molecule has 1 N–H and O–H groups in total. The predicted octanol–water partition coefficient (Wildman–Crippen LogP) is 5.84. The summed E-state index contributed by atoms with van der Waals surface area (Å²) >= 11 is 1.36. The molecule has 0 spiro atoms. The smallest absolute Gasteiger partial charge is 0.283 e. The molecule has 6 nitrogen and oxygen atoms in total. The number of fused-ring (bicyclic) bond motifs is 1. The highest BCUT2D eigenvalue weighted by Gasteiger charge is 2.36. The van der Waals surface area contributed by atoms with Crippen LogP contribution in [0.3, 0.4) is 0 Å². The number of benzene rings is 3. The van der Waals surface area contributed by atoms with E-state index in [1.165, 1.54) is 11.8 Å². The van der Waals surface area contributed by atoms with E-state index in [0.717, 1.165) is 34.7 Å². The third-order valence-electron chi connectivity index (χ3n) is 5.44. The Labute approximate surface area is 208 Å². The molecule has 2 aliphatic heterocycles. The van der Waals surface area contributed by atoms with Gasteiger partial charge in [0.2, 0.25) is 0 Å². The Hall–Kier alpha value is -4.10. The number of rotatable bonds is 8. The molecule has 2 heterocycles. The van der Waals surface area contributed by atoms with Crippen LogP contribution in [-0.2, 0) is 4.79 Å². The lowest BCUT2D eigenvalue weighted by molar-refractivity contribution is -0.114. The molecule has 2 aliphatic rings. The van der Waals surface area contributed by atoms with Crippen molar-refractivity contribution in [2.24, 2.45) is 4.99 Å². The Morgan fingerprint density at radius 3 is 2.17 bits per heavy atom. The molecule has 0 saturated heterocycles. The normalized spacial score (nSPS) is 16.1. The molecular formula is C28H23N3O3S. The number of aliphatic imine (C=N–C) groups is 1. The van der Waals surface area contributed by atoms with Crippen LogP contribution in [-0.4, -0.2) is 35.0 Å². The summed E-state index contributed by atoms with van der Waals surface area (Å²) < 4.78 is 11.5. The summed E-state index contributed by atoms with van der Waals surface area (Å²) in [5.41, 5.74) is 2.87. The average Bonchev–Trinajstić information content (AvgIpc) is 3.32. The summed E-state index contributed by atoms with van der Waals surface area (Å²) in [6.07, 6.45) is 2.46. The van der Waals surface area contributed by atoms with Crippen LogP contribution < -0.4 is 9.47 Å². The zero-order chi connectivity index (χ0) is 24.0. The van der Waals surface area contributed by atoms with Gasteiger partial charge in [0.15, 0.2) is 5.17 Å². The third-order valence-corrected chi connectivity index (χ3v) is 6.27. The highest BCUT2D eigenvalue weighted by Crippen LogP contribution is 2.37. The molecule has 7 heteroatoms. The number of para-hydroxylation sites is 1. The van der Waals surface area contributed by atoms with Crippen molar-refractivity contribution in [3.63, 3.8) is 0 Å². The molecule has 1 amide bonds. The fourth-order valence-corrected chi connectivity index (χ4v) is 4.59. The van der Waals surface area contributed by atoms with Gasteiger partial charge in [0.25, 0.3) is 5.91 Å². The van der Waals surface area contributed by atoms with E-state index in [1.807, 2.05) is 90.3 Å². The molecular weight excluding hydrogens is 458 g/mol. The number of carbonyl (C=O) groups is 1. The van der Waals surface area contributed by atoms with Gasteiger partial charge in [0.05, 0.1) is 24.5 Å². The summed E-state index contributed by atoms with van der Waals surface area (Å²) in [5, 5.41) is 11.2. The van der Waals surface area contributed by atoms with Crippen molar-refractivity contribution >= 4 is 40.4 Å². The Kier molecular flexibility index (Phi) is 6.77. The molecule has 0 radical (unpaired) electrons. The van der Waals surface area contributed by atoms with E-state index in [4.69, 9.17) is 14.9 Å². The molecule has 0 unspecified atom stereocenters. The summed E-state index contributed by atoms with van der Waals surface area (Å²) in [6.45, 7) is 1.12. The Morgan fingerprint density at radius 1 is 0.857 bits per heavy atom. The molecule has 0 aromatic heterocycles. The van der Waals surface area contributed by atoms with Crippen molar-refractivity contribution in [3.05, 3.63) is 107 Å². The number of amides is 1. The summed E-state index contributed by atoms with van der Waals surface area (Å²) in [7, 11) is 0. The van der Waals surface area contributed by atoms with Crippen molar-refractivity contribution in [1.29, 1.82) is 5.41 Å². The number of nitrogens with zero attached hydrogens (tertiary/aromatic N) is 2. The Morgan fingerprint density at radius 2 is 1.49 bits per heavy atom. The lowest BCUT2D eigenvalue weighted by Crippen LogP contribution is -2.38. The fraction of sp³-hybridized carbons (Fsp3) is 0.107. The highest BCUT2D eigenvalue weighted by atomic mass is 32.2. The largest absolute Gasteiger partial charge is 0.493 e. The standard InChI is InChI=1S/C28H23N3O3S/c29-26-24(27(32)30-28-31(26)25(19-35-28)21-8-3-1-4-9-21)18-20-12-14-23(15-13-20)34-17-7-16-33-22-10-5-2-6-11-22/h1-6,8-15,18-19,29H,7,16-17H2/b24-18-,29-26?. The average molecular weight is 482 g/mol. The summed E-state index contributed by atoms with van der Waals surface area (Å²) in [4.78, 5) is 18.6. The van der Waals surface area contributed by atoms with E-state index in [-0.39, 0.29) is 11.4 Å². The highest BCUT2D eigenvalue weighted by molar-refractivity contribution is 8.17. The fourth-order valence-electron chi connectivity index (χ4n) is 3.70. The first-order chi connectivity index (χ1) is 17.2. The first-order valence-electron chi connectivity index (χ1n) is 11.3. The minimum Gasteiger partial charge on any atom is -0.493 e. The maximum atomic E-state index is 12.7. The topological polar surface area (TPSA) is 75.0 Å². The zero-order valence-electron chi connectivity index (χ0n) is 18.9. The number of amidine groups is 2. The van der Waals surface area contributed by atoms with Gasteiger partial charge in [-0.25, -0.2) is 0 Å². The van der Waals surface area contributed by atoms with E-state index in [2.05, 4.69) is 4.99 Å². The van der Waals surface area contributed by atoms with E-state index in [0.29, 0.717) is 18.4 Å². The van der Waals surface area contributed by atoms with E-state index in [9.17, 15) is 4.79 Å². The molecule has 0 aliphatic carbocycles. The van der Waals surface area contributed by atoms with E-state index in [1.54, 1.807) is 11.0 Å². The SMILES string of the molecule is N=C1/C(=C/c2ccc(OCCCOc3ccccc3)cc2)C(=O)N=C2SC=C(c3ccccc3)N12. The van der Waals surface area contributed by atoms with Crippen LogP contribution in [0.2, 0.25) is 0 Å². The number of thioether (sulfide) groups is 1. The number of hydrogen-bond donors (Lipinski definition) is 1. The first-order valence-corrected chi connectivity index (χ1v) is 12.1. The lowest BCUT2D eigenvalue weighted by Gasteiger charge is -2.26. The second-order valence-corrected chi connectivity index (χ2v) is 8.70. The van der Waals surface area contributed by atoms with Crippen LogP contribution in [0.1, 0.15) is 17.5 Å². The van der Waals surface area contributed by atoms with Crippen LogP contribution in [0.4, 0.5) is 0 Å². The monoisotopic (exact) mass is 481 g/mol. The van der Waals surface area contributed by atoms with Crippen LogP contribution in [0, 0.1) is 5.41 Å². The van der Waals surface area contributed by atoms with Crippen LogP contribution in [0.5, 0.6) is 11.5 Å². The van der Waals surface area contributed by atoms with Gasteiger partial charge < -0.3 is 9.47 Å². The van der Waals surface area contributed by atoms with Gasteiger partial charge >= 0.3 is 0 Å². The molecule has 0 atom stereocenters. The Bertz CT molecular complexity index is 1320. The molecule has 174 valence electrons. The van der Waals surface area contributed by atoms with Crippen LogP contribution in [0.15, 0.2) is 101 Å². The van der Waals surface area contributed by atoms with Crippen molar-refractivity contribution < 1.29 is 14.3 Å². The second-order valence-electron chi connectivity index (χ2n) is 7.86. The molecule has 0 bridgehead atoms. The number of nitrogens with one attached hydrogen (secondary N) is 1. The number of carbonyl (C=O) groups excluding carboxylic acids is 1. The summed E-state index contributed by atoms with van der Waals surface area (Å²) in [5.74, 6) is 1.31. The third kappa shape index (κ3) is 5.20. The van der Waals surface area contributed by atoms with Crippen molar-refractivity contribution in [2.45, 2.75) is 6.42 Å². The van der Waals surface area contributed by atoms with Crippen molar-refractivity contribution in [3.8, 4) is 11.5 Å². The van der Waals surface area contributed by atoms with Gasteiger partial charge in [-0.2, -0.15) is 4.99 Å².